The lowest BCUT2D eigenvalue weighted by Crippen LogP contribution is -2.33. The fourth-order valence-corrected chi connectivity index (χ4v) is 4.37. The van der Waals surface area contributed by atoms with Gasteiger partial charge in [0.15, 0.2) is 0 Å². The topological polar surface area (TPSA) is 54.5 Å². The molecule has 21 heavy (non-hydrogen) atoms. The van der Waals surface area contributed by atoms with E-state index in [1.165, 1.54) is 0 Å². The van der Waals surface area contributed by atoms with E-state index < -0.39 is 9.05 Å². The molecule has 116 valence electrons. The van der Waals surface area contributed by atoms with Crippen molar-refractivity contribution in [3.05, 3.63) is 35.9 Å². The molecule has 0 N–H and O–H groups in total. The predicted molar refractivity (Wildman–Crippen MR) is 83.5 cm³/mol. The number of likely N-dealkylation sites (tertiary alicyclic amines) is 1. The molecule has 2 atom stereocenters. The lowest BCUT2D eigenvalue weighted by molar-refractivity contribution is -0.130. The molecule has 1 aromatic rings. The van der Waals surface area contributed by atoms with E-state index in [1.54, 1.807) is 4.90 Å². The summed E-state index contributed by atoms with van der Waals surface area (Å²) < 4.78 is 22.4. The van der Waals surface area contributed by atoms with Crippen molar-refractivity contribution < 1.29 is 13.2 Å². The van der Waals surface area contributed by atoms with Gasteiger partial charge in [-0.15, -0.1) is 0 Å². The van der Waals surface area contributed by atoms with E-state index in [0.29, 0.717) is 6.54 Å². The number of hydrogen-bond donors (Lipinski definition) is 0. The third-order valence-corrected chi connectivity index (χ3v) is 5.03. The van der Waals surface area contributed by atoms with E-state index in [4.69, 9.17) is 10.7 Å². The molecule has 1 heterocycles. The van der Waals surface area contributed by atoms with Crippen molar-refractivity contribution in [3.8, 4) is 0 Å². The Hall–Kier alpha value is -1.07. The van der Waals surface area contributed by atoms with Crippen LogP contribution in [0.5, 0.6) is 0 Å². The van der Waals surface area contributed by atoms with E-state index in [2.05, 4.69) is 13.8 Å². The van der Waals surface area contributed by atoms with Crippen molar-refractivity contribution in [3.63, 3.8) is 0 Å². The van der Waals surface area contributed by atoms with Gasteiger partial charge in [-0.2, -0.15) is 0 Å². The summed E-state index contributed by atoms with van der Waals surface area (Å²) in [5.41, 5.74) is 1.08. The molecule has 0 saturated carbocycles. The molecule has 6 heteroatoms. The highest BCUT2D eigenvalue weighted by molar-refractivity contribution is 8.13. The van der Waals surface area contributed by atoms with Crippen molar-refractivity contribution in [2.75, 3.05) is 12.3 Å². The van der Waals surface area contributed by atoms with Crippen molar-refractivity contribution in [1.82, 2.24) is 4.90 Å². The largest absolute Gasteiger partial charge is 0.335 e. The quantitative estimate of drug-likeness (QED) is 0.780. The van der Waals surface area contributed by atoms with Crippen LogP contribution < -0.4 is 0 Å². The zero-order chi connectivity index (χ0) is 15.6. The van der Waals surface area contributed by atoms with Gasteiger partial charge in [0.05, 0.1) is 11.8 Å². The number of hydrogen-bond acceptors (Lipinski definition) is 3. The van der Waals surface area contributed by atoms with Gasteiger partial charge >= 0.3 is 0 Å². The minimum absolute atomic E-state index is 0.00266. The highest BCUT2D eigenvalue weighted by Gasteiger charge is 2.37. The van der Waals surface area contributed by atoms with E-state index in [1.807, 2.05) is 30.3 Å². The highest BCUT2D eigenvalue weighted by atomic mass is 35.7. The van der Waals surface area contributed by atoms with Gasteiger partial charge in [-0.1, -0.05) is 44.2 Å². The van der Waals surface area contributed by atoms with Crippen molar-refractivity contribution in [1.29, 1.82) is 0 Å². The van der Waals surface area contributed by atoms with Crippen LogP contribution in [-0.4, -0.2) is 31.5 Å². The standard InChI is InChI=1S/C15H20ClNO3S/c1-11(2)15(13-6-4-3-5-7-13)17-9-12(8-14(17)18)10-21(16,19)20/h3-7,11-12,15H,8-10H2,1-2H3. The minimum Gasteiger partial charge on any atom is -0.335 e. The maximum atomic E-state index is 12.3. The minimum atomic E-state index is -3.57. The van der Waals surface area contributed by atoms with Crippen LogP contribution in [0, 0.1) is 11.8 Å². The number of nitrogens with zero attached hydrogens (tertiary/aromatic N) is 1. The van der Waals surface area contributed by atoms with E-state index >= 15 is 0 Å². The van der Waals surface area contributed by atoms with Crippen molar-refractivity contribution >= 4 is 25.6 Å². The van der Waals surface area contributed by atoms with Crippen LogP contribution in [0.15, 0.2) is 30.3 Å². The first-order valence-corrected chi connectivity index (χ1v) is 9.52. The molecule has 0 bridgehead atoms. The summed E-state index contributed by atoms with van der Waals surface area (Å²) in [6, 6.07) is 9.82. The lowest BCUT2D eigenvalue weighted by Gasteiger charge is -2.32. The molecule has 1 aromatic carbocycles. The Morgan fingerprint density at radius 1 is 1.29 bits per heavy atom. The second-order valence-electron chi connectivity index (χ2n) is 5.92. The zero-order valence-corrected chi connectivity index (χ0v) is 13.8. The first kappa shape index (κ1) is 16.3. The summed E-state index contributed by atoms with van der Waals surface area (Å²) in [5.74, 6) is -0.105. The monoisotopic (exact) mass is 329 g/mol. The van der Waals surface area contributed by atoms with Crippen molar-refractivity contribution in [2.24, 2.45) is 11.8 Å². The first-order valence-electron chi connectivity index (χ1n) is 7.04. The molecule has 1 fully saturated rings. The van der Waals surface area contributed by atoms with Crippen LogP contribution in [0.2, 0.25) is 0 Å². The summed E-state index contributed by atoms with van der Waals surface area (Å²) in [6.07, 6.45) is 0.252. The van der Waals surface area contributed by atoms with Gasteiger partial charge in [-0.05, 0) is 11.5 Å². The van der Waals surface area contributed by atoms with E-state index in [-0.39, 0.29) is 36.0 Å². The molecule has 0 aliphatic carbocycles. The van der Waals surface area contributed by atoms with Gasteiger partial charge in [0.2, 0.25) is 15.0 Å². The summed E-state index contributed by atoms with van der Waals surface area (Å²) in [4.78, 5) is 14.1. The van der Waals surface area contributed by atoms with Crippen molar-refractivity contribution in [2.45, 2.75) is 26.3 Å². The van der Waals surface area contributed by atoms with Crippen LogP contribution in [0.1, 0.15) is 31.9 Å². The van der Waals surface area contributed by atoms with Crippen LogP contribution in [0.25, 0.3) is 0 Å². The normalized spacial score (nSPS) is 21.0. The van der Waals surface area contributed by atoms with Crippen LogP contribution in [0.3, 0.4) is 0 Å². The Morgan fingerprint density at radius 3 is 2.43 bits per heavy atom. The van der Waals surface area contributed by atoms with Crippen LogP contribution >= 0.6 is 10.7 Å². The summed E-state index contributed by atoms with van der Waals surface area (Å²) in [5, 5.41) is 0. The summed E-state index contributed by atoms with van der Waals surface area (Å²) >= 11 is 0. The number of benzene rings is 1. The molecule has 2 rings (SSSR count). The molecular formula is C15H20ClNO3S. The lowest BCUT2D eigenvalue weighted by atomic mass is 9.94. The Kier molecular flexibility index (Phi) is 4.94. The summed E-state index contributed by atoms with van der Waals surface area (Å²) in [6.45, 7) is 4.58. The molecule has 0 spiro atoms. The van der Waals surface area contributed by atoms with Gasteiger partial charge in [0.25, 0.3) is 0 Å². The molecule has 1 amide bonds. The van der Waals surface area contributed by atoms with Gasteiger partial charge in [0.1, 0.15) is 0 Å². The number of amides is 1. The molecular weight excluding hydrogens is 310 g/mol. The maximum absolute atomic E-state index is 12.3. The predicted octanol–water partition coefficient (Wildman–Crippen LogP) is 2.80. The molecule has 0 aromatic heterocycles. The SMILES string of the molecule is CC(C)C(c1ccccc1)N1CC(CS(=O)(=O)Cl)CC1=O. The Labute approximate surface area is 130 Å². The van der Waals surface area contributed by atoms with Gasteiger partial charge < -0.3 is 4.90 Å². The Morgan fingerprint density at radius 2 is 1.90 bits per heavy atom. The Bertz CT molecular complexity index is 601. The molecule has 1 saturated heterocycles. The average molecular weight is 330 g/mol. The summed E-state index contributed by atoms with van der Waals surface area (Å²) in [7, 11) is 1.74. The highest BCUT2D eigenvalue weighted by Crippen LogP contribution is 2.34. The smallest absolute Gasteiger partial charge is 0.232 e. The third kappa shape index (κ3) is 4.20. The number of halogens is 1. The molecule has 4 nitrogen and oxygen atoms in total. The zero-order valence-electron chi connectivity index (χ0n) is 12.2. The molecule has 1 aliphatic rings. The fourth-order valence-electron chi connectivity index (χ4n) is 3.05. The number of carbonyl (C=O) groups is 1. The molecule has 0 radical (unpaired) electrons. The Balaban J connectivity index is 2.20. The number of carbonyl (C=O) groups excluding carboxylic acids is 1. The van der Waals surface area contributed by atoms with Crippen LogP contribution in [0.4, 0.5) is 0 Å². The van der Waals surface area contributed by atoms with Gasteiger partial charge in [-0.25, -0.2) is 8.42 Å². The van der Waals surface area contributed by atoms with E-state index in [9.17, 15) is 13.2 Å². The second kappa shape index (κ2) is 6.36. The first-order chi connectivity index (χ1) is 9.78. The van der Waals surface area contributed by atoms with E-state index in [0.717, 1.165) is 5.56 Å². The molecule has 1 aliphatic heterocycles. The van der Waals surface area contributed by atoms with Gasteiger partial charge in [0, 0.05) is 29.6 Å². The number of rotatable bonds is 5. The second-order valence-corrected chi connectivity index (χ2v) is 8.74. The third-order valence-electron chi connectivity index (χ3n) is 3.78. The van der Waals surface area contributed by atoms with Crippen LogP contribution in [-0.2, 0) is 13.8 Å². The average Bonchev–Trinajstić information content (AvgIpc) is 2.69. The fraction of sp³-hybridized carbons (Fsp3) is 0.533. The maximum Gasteiger partial charge on any atom is 0.232 e. The van der Waals surface area contributed by atoms with Gasteiger partial charge in [-0.3, -0.25) is 4.79 Å². The molecule has 2 unspecified atom stereocenters.